The number of halogens is 4. The van der Waals surface area contributed by atoms with Gasteiger partial charge in [-0.2, -0.15) is 0 Å². The van der Waals surface area contributed by atoms with E-state index in [4.69, 9.17) is 17.3 Å². The van der Waals surface area contributed by atoms with Crippen molar-refractivity contribution in [3.8, 4) is 0 Å². The van der Waals surface area contributed by atoms with E-state index in [0.29, 0.717) is 11.8 Å². The molecule has 0 radical (unpaired) electrons. The molecule has 0 aromatic heterocycles. The average Bonchev–Trinajstić information content (AvgIpc) is 2.37. The Bertz CT molecular complexity index is 694. The van der Waals surface area contributed by atoms with E-state index < -0.39 is 17.5 Å². The largest absolute Gasteiger partial charge is 0.396 e. The molecule has 0 aliphatic carbocycles. The topological polar surface area (TPSA) is 55.1 Å². The van der Waals surface area contributed by atoms with Crippen LogP contribution in [0.3, 0.4) is 0 Å². The highest BCUT2D eigenvalue weighted by molar-refractivity contribution is 9.10. The fourth-order valence-corrected chi connectivity index (χ4v) is 2.24. The summed E-state index contributed by atoms with van der Waals surface area (Å²) in [6.45, 7) is 0. The number of anilines is 2. The molecule has 0 saturated heterocycles. The Morgan fingerprint density at radius 2 is 1.90 bits per heavy atom. The molecule has 2 aromatic carbocycles. The minimum Gasteiger partial charge on any atom is -0.396 e. The van der Waals surface area contributed by atoms with E-state index in [0.717, 1.165) is 10.5 Å². The maximum absolute atomic E-state index is 13.6. The molecule has 2 rings (SSSR count). The van der Waals surface area contributed by atoms with Gasteiger partial charge in [0.1, 0.15) is 11.6 Å². The van der Waals surface area contributed by atoms with Crippen LogP contribution in [-0.4, -0.2) is 5.91 Å². The Morgan fingerprint density at radius 3 is 2.55 bits per heavy atom. The van der Waals surface area contributed by atoms with Crippen LogP contribution < -0.4 is 11.1 Å². The van der Waals surface area contributed by atoms with Crippen molar-refractivity contribution in [3.63, 3.8) is 0 Å². The van der Waals surface area contributed by atoms with Crippen molar-refractivity contribution < 1.29 is 13.6 Å². The van der Waals surface area contributed by atoms with Crippen LogP contribution in [-0.2, 0) is 0 Å². The summed E-state index contributed by atoms with van der Waals surface area (Å²) in [6.07, 6.45) is 0. The highest BCUT2D eigenvalue weighted by Crippen LogP contribution is 2.26. The van der Waals surface area contributed by atoms with Crippen molar-refractivity contribution in [2.75, 3.05) is 11.1 Å². The van der Waals surface area contributed by atoms with Crippen LogP contribution in [0.2, 0.25) is 5.02 Å². The zero-order chi connectivity index (χ0) is 14.9. The number of hydrogen-bond donors (Lipinski definition) is 2. The second-order valence-electron chi connectivity index (χ2n) is 3.93. The molecular formula is C13H8BrClF2N2O. The third-order valence-corrected chi connectivity index (χ3v) is 3.32. The molecule has 7 heteroatoms. The average molecular weight is 362 g/mol. The summed E-state index contributed by atoms with van der Waals surface area (Å²) in [4.78, 5) is 11.9. The minimum absolute atomic E-state index is 0.281. The van der Waals surface area contributed by atoms with Gasteiger partial charge in [-0.25, -0.2) is 8.78 Å². The summed E-state index contributed by atoms with van der Waals surface area (Å²) < 4.78 is 27.3. The summed E-state index contributed by atoms with van der Waals surface area (Å²) in [6, 6.07) is 6.29. The van der Waals surface area contributed by atoms with Gasteiger partial charge in [-0.15, -0.1) is 0 Å². The van der Waals surface area contributed by atoms with Gasteiger partial charge in [0.05, 0.1) is 22.0 Å². The Morgan fingerprint density at radius 1 is 1.20 bits per heavy atom. The second kappa shape index (κ2) is 5.76. The number of hydrogen-bond acceptors (Lipinski definition) is 2. The van der Waals surface area contributed by atoms with E-state index in [9.17, 15) is 13.6 Å². The first-order valence-corrected chi connectivity index (χ1v) is 6.56. The lowest BCUT2D eigenvalue weighted by Crippen LogP contribution is -2.15. The molecule has 0 spiro atoms. The van der Waals surface area contributed by atoms with E-state index >= 15 is 0 Å². The van der Waals surface area contributed by atoms with E-state index in [1.54, 1.807) is 18.2 Å². The van der Waals surface area contributed by atoms with Gasteiger partial charge in [-0.1, -0.05) is 27.5 Å². The first-order chi connectivity index (χ1) is 9.38. The molecule has 104 valence electrons. The smallest absolute Gasteiger partial charge is 0.258 e. The number of carbonyl (C=O) groups is 1. The van der Waals surface area contributed by atoms with Gasteiger partial charge in [-0.05, 0) is 24.3 Å². The van der Waals surface area contributed by atoms with Crippen molar-refractivity contribution in [1.29, 1.82) is 0 Å². The van der Waals surface area contributed by atoms with Crippen LogP contribution in [0.25, 0.3) is 0 Å². The molecule has 0 unspecified atom stereocenters. The summed E-state index contributed by atoms with van der Waals surface area (Å²) >= 11 is 9.16. The van der Waals surface area contributed by atoms with E-state index in [-0.39, 0.29) is 16.3 Å². The predicted octanol–water partition coefficient (Wildman–Crippen LogP) is 4.22. The van der Waals surface area contributed by atoms with Crippen molar-refractivity contribution >= 4 is 44.8 Å². The number of benzene rings is 2. The quantitative estimate of drug-likeness (QED) is 0.787. The van der Waals surface area contributed by atoms with E-state index in [1.807, 2.05) is 0 Å². The molecule has 0 heterocycles. The maximum atomic E-state index is 13.6. The second-order valence-corrected chi connectivity index (χ2v) is 5.25. The molecule has 0 aliphatic rings. The van der Waals surface area contributed by atoms with Crippen LogP contribution in [0.5, 0.6) is 0 Å². The van der Waals surface area contributed by atoms with Crippen LogP contribution in [0.4, 0.5) is 20.2 Å². The van der Waals surface area contributed by atoms with Crippen LogP contribution in [0.15, 0.2) is 34.8 Å². The molecule has 0 atom stereocenters. The number of rotatable bonds is 2. The number of nitrogens with two attached hydrogens (primary N) is 1. The van der Waals surface area contributed by atoms with Crippen molar-refractivity contribution in [2.45, 2.75) is 0 Å². The standard InChI is InChI=1S/C13H8BrClF2N2O/c14-6-1-2-12(8(15)3-6)19-13(20)7-4-11(18)10(17)5-9(7)16/h1-5H,18H2,(H,19,20). The zero-order valence-corrected chi connectivity index (χ0v) is 12.2. The molecule has 3 N–H and O–H groups in total. The Labute approximate surface area is 126 Å². The van der Waals surface area contributed by atoms with Gasteiger partial charge >= 0.3 is 0 Å². The predicted molar refractivity (Wildman–Crippen MR) is 77.9 cm³/mol. The first kappa shape index (κ1) is 14.7. The van der Waals surface area contributed by atoms with Gasteiger partial charge in [0.25, 0.3) is 5.91 Å². The third kappa shape index (κ3) is 3.08. The zero-order valence-electron chi connectivity index (χ0n) is 9.88. The summed E-state index contributed by atoms with van der Waals surface area (Å²) in [7, 11) is 0. The van der Waals surface area contributed by atoms with Gasteiger partial charge in [-0.3, -0.25) is 4.79 Å². The van der Waals surface area contributed by atoms with Crippen LogP contribution in [0.1, 0.15) is 10.4 Å². The molecule has 0 saturated carbocycles. The Hall–Kier alpha value is -1.66. The van der Waals surface area contributed by atoms with Crippen LogP contribution >= 0.6 is 27.5 Å². The van der Waals surface area contributed by atoms with Crippen molar-refractivity contribution in [3.05, 3.63) is 57.0 Å². The van der Waals surface area contributed by atoms with Crippen molar-refractivity contribution in [2.24, 2.45) is 0 Å². The maximum Gasteiger partial charge on any atom is 0.258 e. The highest BCUT2D eigenvalue weighted by atomic mass is 79.9. The summed E-state index contributed by atoms with van der Waals surface area (Å²) in [5.74, 6) is -2.68. The fraction of sp³-hybridized carbons (Fsp3) is 0. The van der Waals surface area contributed by atoms with Gasteiger partial charge in [0.15, 0.2) is 0 Å². The number of amides is 1. The SMILES string of the molecule is Nc1cc(C(=O)Nc2ccc(Br)cc2Cl)c(F)cc1F. The lowest BCUT2D eigenvalue weighted by atomic mass is 10.1. The van der Waals surface area contributed by atoms with E-state index in [2.05, 4.69) is 21.2 Å². The number of carbonyl (C=O) groups excluding carboxylic acids is 1. The van der Waals surface area contributed by atoms with Gasteiger partial charge in [0, 0.05) is 10.5 Å². The monoisotopic (exact) mass is 360 g/mol. The summed E-state index contributed by atoms with van der Waals surface area (Å²) in [5.41, 5.74) is 4.96. The Balaban J connectivity index is 2.31. The van der Waals surface area contributed by atoms with Gasteiger partial charge in [0.2, 0.25) is 0 Å². The first-order valence-electron chi connectivity index (χ1n) is 5.39. The number of nitrogen functional groups attached to an aromatic ring is 1. The minimum atomic E-state index is -0.998. The highest BCUT2D eigenvalue weighted by Gasteiger charge is 2.16. The molecule has 0 aliphatic heterocycles. The Kier molecular flexibility index (Phi) is 4.25. The summed E-state index contributed by atoms with van der Waals surface area (Å²) in [5, 5.41) is 2.71. The molecule has 0 fully saturated rings. The lowest BCUT2D eigenvalue weighted by molar-refractivity contribution is 0.102. The lowest BCUT2D eigenvalue weighted by Gasteiger charge is -2.09. The normalized spacial score (nSPS) is 10.4. The van der Waals surface area contributed by atoms with Crippen molar-refractivity contribution in [1.82, 2.24) is 0 Å². The van der Waals surface area contributed by atoms with E-state index in [1.165, 1.54) is 0 Å². The molecule has 0 bridgehead atoms. The van der Waals surface area contributed by atoms with Gasteiger partial charge < -0.3 is 11.1 Å². The third-order valence-electron chi connectivity index (χ3n) is 2.51. The van der Waals surface area contributed by atoms with Crippen LogP contribution in [0, 0.1) is 11.6 Å². The molecular weight excluding hydrogens is 354 g/mol. The fourth-order valence-electron chi connectivity index (χ4n) is 1.52. The molecule has 20 heavy (non-hydrogen) atoms. The molecule has 3 nitrogen and oxygen atoms in total. The molecule has 1 amide bonds. The molecule has 2 aromatic rings. The number of nitrogens with one attached hydrogen (secondary N) is 1.